The van der Waals surface area contributed by atoms with Gasteiger partial charge in [-0.15, -0.1) is 5.10 Å². The predicted molar refractivity (Wildman–Crippen MR) is 116 cm³/mol. The van der Waals surface area contributed by atoms with E-state index in [1.54, 1.807) is 0 Å². The second-order valence-corrected chi connectivity index (χ2v) is 8.12. The van der Waals surface area contributed by atoms with Crippen molar-refractivity contribution in [3.8, 4) is 17.8 Å². The molecule has 0 aliphatic carbocycles. The monoisotopic (exact) mass is 493 g/mol. The van der Waals surface area contributed by atoms with Crippen LogP contribution >= 0.6 is 0 Å². The third kappa shape index (κ3) is 5.66. The topological polar surface area (TPSA) is 190 Å². The molecule has 34 heavy (non-hydrogen) atoms. The smallest absolute Gasteiger partial charge is 0.350 e. The third-order valence-electron chi connectivity index (χ3n) is 4.17. The number of hydrogen-bond acceptors (Lipinski definition) is 11. The largest absolute Gasteiger partial charge is 0.481 e. The van der Waals surface area contributed by atoms with Crippen LogP contribution in [0.4, 0.5) is 17.2 Å². The number of nitrogens with zero attached hydrogens (tertiary/aromatic N) is 5. The number of ether oxygens (including phenoxy) is 3. The highest BCUT2D eigenvalue weighted by atomic mass is 32.2. The van der Waals surface area contributed by atoms with Crippen LogP contribution in [-0.2, 0) is 21.4 Å². The van der Waals surface area contributed by atoms with Crippen LogP contribution in [0.2, 0.25) is 0 Å². The molecule has 0 fully saturated rings. The molecule has 0 saturated heterocycles. The van der Waals surface area contributed by atoms with E-state index in [0.717, 1.165) is 10.9 Å². The van der Waals surface area contributed by atoms with Gasteiger partial charge in [-0.1, -0.05) is 0 Å². The average Bonchev–Trinajstić information content (AvgIpc) is 3.21. The van der Waals surface area contributed by atoms with E-state index in [0.29, 0.717) is 5.69 Å². The third-order valence-corrected chi connectivity index (χ3v) is 5.54. The van der Waals surface area contributed by atoms with Crippen molar-refractivity contribution in [1.29, 1.82) is 0 Å². The van der Waals surface area contributed by atoms with Crippen molar-refractivity contribution in [2.75, 3.05) is 31.4 Å². The van der Waals surface area contributed by atoms with Gasteiger partial charge in [-0.25, -0.2) is 8.42 Å². The van der Waals surface area contributed by atoms with E-state index < -0.39 is 20.9 Å². The quantitative estimate of drug-likeness (QED) is 0.303. The first-order chi connectivity index (χ1) is 16.1. The summed E-state index contributed by atoms with van der Waals surface area (Å²) in [5.74, 6) is -0.736. The summed E-state index contributed by atoms with van der Waals surface area (Å²) in [7, 11) is -0.120. The van der Waals surface area contributed by atoms with Gasteiger partial charge in [0.1, 0.15) is 12.7 Å². The molecule has 0 aliphatic rings. The number of sulfonamides is 1. The molecule has 0 atom stereocenters. The highest BCUT2D eigenvalue weighted by Gasteiger charge is 2.21. The number of aromatic nitrogens is 4. The predicted octanol–water partition coefficient (Wildman–Crippen LogP) is 1.05. The summed E-state index contributed by atoms with van der Waals surface area (Å²) < 4.78 is 43.4. The number of carbonyl (C=O) groups excluding carboxylic acids is 1. The van der Waals surface area contributed by atoms with Crippen molar-refractivity contribution in [2.24, 2.45) is 0 Å². The Morgan fingerprint density at radius 2 is 1.82 bits per heavy atom. The Morgan fingerprint density at radius 3 is 2.38 bits per heavy atom. The zero-order valence-corrected chi connectivity index (χ0v) is 18.9. The molecule has 15 nitrogen and oxygen atoms in total. The van der Waals surface area contributed by atoms with E-state index >= 15 is 0 Å². The molecule has 0 unspecified atom stereocenters. The minimum atomic E-state index is -4.03. The first-order valence-electron chi connectivity index (χ1n) is 9.30. The maximum atomic E-state index is 12.7. The lowest BCUT2D eigenvalue weighted by Crippen LogP contribution is -2.19. The summed E-state index contributed by atoms with van der Waals surface area (Å²) in [5.41, 5.74) is -0.0840. The fourth-order valence-electron chi connectivity index (χ4n) is 2.66. The number of rotatable bonds is 10. The molecular formula is C18H19N7O8S. The fraction of sp³-hybridized carbons (Fsp3) is 0.222. The van der Waals surface area contributed by atoms with Crippen LogP contribution in [0.5, 0.6) is 17.8 Å². The van der Waals surface area contributed by atoms with Crippen LogP contribution < -0.4 is 24.2 Å². The summed E-state index contributed by atoms with van der Waals surface area (Å²) in [5, 5.41) is 17.3. The van der Waals surface area contributed by atoms with Crippen molar-refractivity contribution in [3.63, 3.8) is 0 Å². The Labute approximate surface area is 192 Å². The van der Waals surface area contributed by atoms with E-state index in [1.165, 1.54) is 51.7 Å². The zero-order chi connectivity index (χ0) is 24.9. The lowest BCUT2D eigenvalue weighted by molar-refractivity contribution is -0.385. The average molecular weight is 493 g/mol. The molecule has 1 amide bonds. The number of nitrogens with one attached hydrogen (secondary N) is 2. The Bertz CT molecular complexity index is 1290. The number of anilines is 2. The van der Waals surface area contributed by atoms with Crippen LogP contribution in [-0.4, -0.2) is 60.3 Å². The van der Waals surface area contributed by atoms with Gasteiger partial charge in [0.2, 0.25) is 11.8 Å². The summed E-state index contributed by atoms with van der Waals surface area (Å²) in [6.45, 7) is -0.330. The second kappa shape index (κ2) is 9.99. The van der Waals surface area contributed by atoms with Gasteiger partial charge in [-0.3, -0.25) is 24.3 Å². The Morgan fingerprint density at radius 1 is 1.12 bits per heavy atom. The van der Waals surface area contributed by atoms with E-state index in [9.17, 15) is 23.3 Å². The van der Waals surface area contributed by atoms with Crippen molar-refractivity contribution in [1.82, 2.24) is 19.7 Å². The van der Waals surface area contributed by atoms with Gasteiger partial charge in [0.15, 0.2) is 5.82 Å². The fourth-order valence-corrected chi connectivity index (χ4v) is 3.65. The normalized spacial score (nSPS) is 10.9. The molecule has 3 rings (SSSR count). The number of carbonyl (C=O) groups is 1. The first kappa shape index (κ1) is 24.2. The standard InChI is InChI=1S/C18H19N7O8S/c1-31-16-8-14(20-18(21-16)33-3)23-34(29,30)12-6-4-11(5-7-12)19-15(26)10-24-9-13(25(27)28)17(22-24)32-2/h4-9H,10H2,1-3H3,(H,19,26)(H,20,21,23). The summed E-state index contributed by atoms with van der Waals surface area (Å²) >= 11 is 0. The Balaban J connectivity index is 1.68. The van der Waals surface area contributed by atoms with Gasteiger partial charge in [-0.05, 0) is 24.3 Å². The van der Waals surface area contributed by atoms with Crippen LogP contribution in [0.3, 0.4) is 0 Å². The molecule has 16 heteroatoms. The SMILES string of the molecule is COc1cc(NS(=O)(=O)c2ccc(NC(=O)Cn3cc([N+](=O)[O-])c(OC)n3)cc2)nc(OC)n1. The minimum absolute atomic E-state index is 0.0650. The molecular weight excluding hydrogens is 474 g/mol. The second-order valence-electron chi connectivity index (χ2n) is 6.44. The van der Waals surface area contributed by atoms with Gasteiger partial charge >= 0.3 is 17.6 Å². The van der Waals surface area contributed by atoms with Gasteiger partial charge < -0.3 is 19.5 Å². The number of benzene rings is 1. The molecule has 0 spiro atoms. The van der Waals surface area contributed by atoms with Crippen molar-refractivity contribution in [3.05, 3.63) is 46.6 Å². The van der Waals surface area contributed by atoms with E-state index in [1.807, 2.05) is 0 Å². The summed E-state index contributed by atoms with van der Waals surface area (Å²) in [6.07, 6.45) is 1.07. The number of hydrogen-bond donors (Lipinski definition) is 2. The van der Waals surface area contributed by atoms with Crippen LogP contribution in [0.25, 0.3) is 0 Å². The van der Waals surface area contributed by atoms with Crippen molar-refractivity contribution < 1.29 is 32.3 Å². The van der Waals surface area contributed by atoms with Crippen LogP contribution in [0.15, 0.2) is 41.4 Å². The summed E-state index contributed by atoms with van der Waals surface area (Å²) in [4.78, 5) is 30.2. The highest BCUT2D eigenvalue weighted by molar-refractivity contribution is 7.92. The molecule has 180 valence electrons. The minimum Gasteiger partial charge on any atom is -0.481 e. The van der Waals surface area contributed by atoms with E-state index in [2.05, 4.69) is 25.1 Å². The number of nitro groups is 1. The Kier molecular flexibility index (Phi) is 7.10. The lowest BCUT2D eigenvalue weighted by Gasteiger charge is -2.10. The van der Waals surface area contributed by atoms with Crippen molar-refractivity contribution >= 4 is 33.1 Å². The molecule has 2 aromatic heterocycles. The zero-order valence-electron chi connectivity index (χ0n) is 18.1. The van der Waals surface area contributed by atoms with Crippen LogP contribution in [0, 0.1) is 10.1 Å². The molecule has 0 radical (unpaired) electrons. The van der Waals surface area contributed by atoms with Crippen LogP contribution in [0.1, 0.15) is 0 Å². The maximum absolute atomic E-state index is 12.7. The molecule has 3 aromatic rings. The molecule has 1 aromatic carbocycles. The highest BCUT2D eigenvalue weighted by Crippen LogP contribution is 2.24. The van der Waals surface area contributed by atoms with Gasteiger partial charge in [0.25, 0.3) is 10.0 Å². The van der Waals surface area contributed by atoms with Gasteiger partial charge in [-0.2, -0.15) is 9.97 Å². The molecule has 2 heterocycles. The first-order valence-corrected chi connectivity index (χ1v) is 10.8. The van der Waals surface area contributed by atoms with E-state index in [4.69, 9.17) is 14.2 Å². The molecule has 0 saturated carbocycles. The van der Waals surface area contributed by atoms with Crippen molar-refractivity contribution in [2.45, 2.75) is 11.4 Å². The van der Waals surface area contributed by atoms with Gasteiger partial charge in [0, 0.05) is 11.8 Å². The number of methoxy groups -OCH3 is 3. The Hall–Kier alpha value is -4.47. The molecule has 2 N–H and O–H groups in total. The molecule has 0 aliphatic heterocycles. The van der Waals surface area contributed by atoms with Gasteiger partial charge in [0.05, 0.1) is 31.1 Å². The number of amides is 1. The van der Waals surface area contributed by atoms with E-state index in [-0.39, 0.29) is 40.7 Å². The lowest BCUT2D eigenvalue weighted by atomic mass is 10.3. The molecule has 0 bridgehead atoms. The maximum Gasteiger partial charge on any atom is 0.350 e. The summed E-state index contributed by atoms with van der Waals surface area (Å²) in [6, 6.07) is 6.49.